The smallest absolute Gasteiger partial charge is 0.194 e. The van der Waals surface area contributed by atoms with Crippen molar-refractivity contribution in [3.63, 3.8) is 0 Å². The van der Waals surface area contributed by atoms with Crippen molar-refractivity contribution in [1.82, 2.24) is 10.2 Å². The van der Waals surface area contributed by atoms with Crippen molar-refractivity contribution in [2.75, 3.05) is 33.9 Å². The maximum absolute atomic E-state index is 5.53. The summed E-state index contributed by atoms with van der Waals surface area (Å²) < 4.78 is 10.9. The van der Waals surface area contributed by atoms with Gasteiger partial charge in [0.1, 0.15) is 0 Å². The van der Waals surface area contributed by atoms with Gasteiger partial charge in [0.15, 0.2) is 17.5 Å². The van der Waals surface area contributed by atoms with Crippen molar-refractivity contribution < 1.29 is 9.47 Å². The third kappa shape index (κ3) is 3.86. The molecule has 0 radical (unpaired) electrons. The summed E-state index contributed by atoms with van der Waals surface area (Å²) in [6, 6.07) is 5.96. The van der Waals surface area contributed by atoms with Gasteiger partial charge in [-0.2, -0.15) is 0 Å². The quantitative estimate of drug-likeness (QED) is 0.656. The van der Waals surface area contributed by atoms with Gasteiger partial charge in [0.05, 0.1) is 20.8 Å². The zero-order chi connectivity index (χ0) is 17.7. The van der Waals surface area contributed by atoms with Crippen molar-refractivity contribution in [3.8, 4) is 11.5 Å². The van der Waals surface area contributed by atoms with Crippen molar-refractivity contribution in [3.05, 3.63) is 23.8 Å². The Labute approximate surface area is 151 Å². The fourth-order valence-corrected chi connectivity index (χ4v) is 4.31. The fraction of sp³-hybridized carbons (Fsp3) is 0.650. The highest BCUT2D eigenvalue weighted by Gasteiger charge is 2.41. The molecule has 5 heteroatoms. The lowest BCUT2D eigenvalue weighted by atomic mass is 9.86. The molecular formula is C20H31N3O2. The minimum absolute atomic E-state index is 0.545. The molecule has 1 N–H and O–H groups in total. The Morgan fingerprint density at radius 1 is 1.20 bits per heavy atom. The van der Waals surface area contributed by atoms with Gasteiger partial charge in [0.2, 0.25) is 0 Å². The van der Waals surface area contributed by atoms with Crippen molar-refractivity contribution >= 4 is 5.96 Å². The number of likely N-dealkylation sites (tertiary alicyclic amines) is 1. The Kier molecular flexibility index (Phi) is 5.71. The molecule has 5 nitrogen and oxygen atoms in total. The number of hydrogen-bond donors (Lipinski definition) is 1. The third-order valence-corrected chi connectivity index (χ3v) is 5.62. The van der Waals surface area contributed by atoms with E-state index in [0.717, 1.165) is 42.7 Å². The number of guanidine groups is 1. The average Bonchev–Trinajstić information content (AvgIpc) is 3.28. The molecule has 3 rings (SSSR count). The molecule has 0 atom stereocenters. The average molecular weight is 345 g/mol. The van der Waals surface area contributed by atoms with E-state index in [4.69, 9.17) is 14.5 Å². The second-order valence-corrected chi connectivity index (χ2v) is 7.20. The van der Waals surface area contributed by atoms with E-state index in [9.17, 15) is 0 Å². The van der Waals surface area contributed by atoms with Crippen LogP contribution < -0.4 is 14.8 Å². The van der Waals surface area contributed by atoms with E-state index in [2.05, 4.69) is 23.2 Å². The number of nitrogens with one attached hydrogen (secondary N) is 1. The van der Waals surface area contributed by atoms with E-state index in [-0.39, 0.29) is 0 Å². The Balaban J connectivity index is 1.75. The Bertz CT molecular complexity index is 609. The van der Waals surface area contributed by atoms with E-state index in [0.29, 0.717) is 12.0 Å². The first kappa shape index (κ1) is 17.9. The van der Waals surface area contributed by atoms with Crippen LogP contribution in [0.15, 0.2) is 23.2 Å². The van der Waals surface area contributed by atoms with Crippen LogP contribution in [0.4, 0.5) is 0 Å². The zero-order valence-corrected chi connectivity index (χ0v) is 15.8. The molecule has 2 aliphatic rings. The number of rotatable bonds is 5. The topological polar surface area (TPSA) is 46.1 Å². The van der Waals surface area contributed by atoms with E-state index < -0.39 is 0 Å². The molecule has 0 unspecified atom stereocenters. The van der Waals surface area contributed by atoms with E-state index >= 15 is 0 Å². The van der Waals surface area contributed by atoms with Crippen molar-refractivity contribution in [2.45, 2.75) is 45.6 Å². The summed E-state index contributed by atoms with van der Waals surface area (Å²) in [7, 11) is 3.35. The van der Waals surface area contributed by atoms with Crippen LogP contribution in [0.25, 0.3) is 0 Å². The lowest BCUT2D eigenvalue weighted by Crippen LogP contribution is -2.41. The molecule has 1 saturated heterocycles. The van der Waals surface area contributed by atoms with Gasteiger partial charge >= 0.3 is 0 Å². The predicted octanol–water partition coefficient (Wildman–Crippen LogP) is 3.44. The SMILES string of the molecule is CCNC(=NCc1cccc(OC)c1OC)N1CCC2(CCCC2)C1. The number of ether oxygens (including phenoxy) is 2. The van der Waals surface area contributed by atoms with Gasteiger partial charge in [-0.1, -0.05) is 25.0 Å². The molecule has 1 heterocycles. The summed E-state index contributed by atoms with van der Waals surface area (Å²) in [6.07, 6.45) is 6.85. The first-order chi connectivity index (χ1) is 12.2. The molecule has 1 aliphatic carbocycles. The summed E-state index contributed by atoms with van der Waals surface area (Å²) in [6.45, 7) is 5.86. The van der Waals surface area contributed by atoms with Gasteiger partial charge in [-0.15, -0.1) is 0 Å². The third-order valence-electron chi connectivity index (χ3n) is 5.62. The number of hydrogen-bond acceptors (Lipinski definition) is 3. The van der Waals surface area contributed by atoms with Crippen LogP contribution in [0.5, 0.6) is 11.5 Å². The molecule has 1 spiro atoms. The summed E-state index contributed by atoms with van der Waals surface area (Å²) in [5.74, 6) is 2.56. The standard InChI is InChI=1S/C20H31N3O2/c1-4-21-19(23-13-12-20(15-23)10-5-6-11-20)22-14-16-8-7-9-17(24-2)18(16)25-3/h7-9H,4-6,10-15H2,1-3H3,(H,21,22). The molecule has 0 amide bonds. The van der Waals surface area contributed by atoms with E-state index in [1.165, 1.54) is 32.1 Å². The van der Waals surface area contributed by atoms with Gasteiger partial charge in [0.25, 0.3) is 0 Å². The number of nitrogens with zero attached hydrogens (tertiary/aromatic N) is 2. The monoisotopic (exact) mass is 345 g/mol. The second-order valence-electron chi connectivity index (χ2n) is 7.20. The minimum Gasteiger partial charge on any atom is -0.493 e. The second kappa shape index (κ2) is 7.98. The highest BCUT2D eigenvalue weighted by Crippen LogP contribution is 2.45. The molecule has 138 valence electrons. The Morgan fingerprint density at radius 3 is 2.68 bits per heavy atom. The minimum atomic E-state index is 0.545. The molecule has 0 bridgehead atoms. The summed E-state index contributed by atoms with van der Waals surface area (Å²) in [5.41, 5.74) is 1.59. The summed E-state index contributed by atoms with van der Waals surface area (Å²) in [5, 5.41) is 3.47. The van der Waals surface area contributed by atoms with E-state index in [1.807, 2.05) is 12.1 Å². The summed E-state index contributed by atoms with van der Waals surface area (Å²) >= 11 is 0. The van der Waals surface area contributed by atoms with Gasteiger partial charge in [0, 0.05) is 25.2 Å². The Hall–Kier alpha value is -1.91. The highest BCUT2D eigenvalue weighted by atomic mass is 16.5. The largest absolute Gasteiger partial charge is 0.493 e. The van der Waals surface area contributed by atoms with Crippen LogP contribution in [0.3, 0.4) is 0 Å². The first-order valence-electron chi connectivity index (χ1n) is 9.44. The first-order valence-corrected chi connectivity index (χ1v) is 9.44. The van der Waals surface area contributed by atoms with Crippen LogP contribution in [0, 0.1) is 5.41 Å². The number of benzene rings is 1. The van der Waals surface area contributed by atoms with Crippen LogP contribution in [-0.2, 0) is 6.54 Å². The van der Waals surface area contributed by atoms with Crippen molar-refractivity contribution in [1.29, 1.82) is 0 Å². The molecule has 25 heavy (non-hydrogen) atoms. The van der Waals surface area contributed by atoms with Crippen molar-refractivity contribution in [2.24, 2.45) is 10.4 Å². The zero-order valence-electron chi connectivity index (χ0n) is 15.8. The van der Waals surface area contributed by atoms with Gasteiger partial charge < -0.3 is 19.7 Å². The van der Waals surface area contributed by atoms with Crippen LogP contribution in [-0.4, -0.2) is 44.7 Å². The molecule has 1 saturated carbocycles. The maximum Gasteiger partial charge on any atom is 0.194 e. The summed E-state index contributed by atoms with van der Waals surface area (Å²) in [4.78, 5) is 7.35. The van der Waals surface area contributed by atoms with Gasteiger partial charge in [-0.3, -0.25) is 0 Å². The molecule has 1 aromatic rings. The predicted molar refractivity (Wildman–Crippen MR) is 101 cm³/mol. The van der Waals surface area contributed by atoms with E-state index in [1.54, 1.807) is 14.2 Å². The number of aliphatic imine (C=N–C) groups is 1. The number of para-hydroxylation sites is 1. The van der Waals surface area contributed by atoms with Crippen LogP contribution in [0.1, 0.15) is 44.6 Å². The molecule has 2 fully saturated rings. The lowest BCUT2D eigenvalue weighted by molar-refractivity contribution is 0.309. The normalized spacial score (nSPS) is 19.5. The van der Waals surface area contributed by atoms with Gasteiger partial charge in [-0.05, 0) is 37.7 Å². The molecule has 1 aromatic carbocycles. The number of methoxy groups -OCH3 is 2. The molecule has 1 aliphatic heterocycles. The molecule has 0 aromatic heterocycles. The molecular weight excluding hydrogens is 314 g/mol. The van der Waals surface area contributed by atoms with Crippen LogP contribution in [0.2, 0.25) is 0 Å². The van der Waals surface area contributed by atoms with Gasteiger partial charge in [-0.25, -0.2) is 4.99 Å². The lowest BCUT2D eigenvalue weighted by Gasteiger charge is -2.26. The fourth-order valence-electron chi connectivity index (χ4n) is 4.31. The Morgan fingerprint density at radius 2 is 2.00 bits per heavy atom. The highest BCUT2D eigenvalue weighted by molar-refractivity contribution is 5.80. The maximum atomic E-state index is 5.53. The van der Waals surface area contributed by atoms with Crippen LogP contribution >= 0.6 is 0 Å².